The van der Waals surface area contributed by atoms with E-state index in [4.69, 9.17) is 0 Å². The summed E-state index contributed by atoms with van der Waals surface area (Å²) in [6.45, 7) is 3.95. The topological polar surface area (TPSA) is 101 Å². The molecular formula is C12H18N4O3S. The molecular weight excluding hydrogens is 280 g/mol. The third-order valence-corrected chi connectivity index (χ3v) is 4.66. The van der Waals surface area contributed by atoms with Gasteiger partial charge in [-0.05, 0) is 20.3 Å². The molecule has 1 fully saturated rings. The van der Waals surface area contributed by atoms with Gasteiger partial charge < -0.3 is 10.6 Å². The van der Waals surface area contributed by atoms with Gasteiger partial charge in [0.2, 0.25) is 0 Å². The third-order valence-electron chi connectivity index (χ3n) is 2.89. The molecule has 1 aromatic rings. The summed E-state index contributed by atoms with van der Waals surface area (Å²) >= 11 is 0. The van der Waals surface area contributed by atoms with Crippen LogP contribution in [-0.4, -0.2) is 47.9 Å². The molecule has 1 aliphatic rings. The van der Waals surface area contributed by atoms with Crippen molar-refractivity contribution in [1.29, 1.82) is 0 Å². The Kier molecular flexibility index (Phi) is 4.22. The van der Waals surface area contributed by atoms with Gasteiger partial charge in [-0.3, -0.25) is 4.79 Å². The van der Waals surface area contributed by atoms with E-state index in [0.29, 0.717) is 12.2 Å². The first kappa shape index (κ1) is 14.7. The molecule has 2 N–H and O–H groups in total. The van der Waals surface area contributed by atoms with E-state index in [1.54, 1.807) is 0 Å². The largest absolute Gasteiger partial charge is 0.367 e. The molecule has 0 spiro atoms. The molecule has 110 valence electrons. The molecule has 0 aliphatic carbocycles. The number of anilines is 1. The molecule has 1 aromatic heterocycles. The minimum absolute atomic E-state index is 0.000836. The van der Waals surface area contributed by atoms with Gasteiger partial charge in [0.25, 0.3) is 5.91 Å². The highest BCUT2D eigenvalue weighted by Crippen LogP contribution is 2.12. The zero-order chi connectivity index (χ0) is 14.8. The van der Waals surface area contributed by atoms with Crippen molar-refractivity contribution < 1.29 is 13.2 Å². The van der Waals surface area contributed by atoms with Crippen LogP contribution in [0, 0.1) is 0 Å². The maximum Gasteiger partial charge on any atom is 0.271 e. The summed E-state index contributed by atoms with van der Waals surface area (Å²) in [6, 6.07) is -0.101. The Labute approximate surface area is 118 Å². The van der Waals surface area contributed by atoms with Crippen molar-refractivity contribution in [3.8, 4) is 0 Å². The lowest BCUT2D eigenvalue weighted by atomic mass is 10.2. The molecule has 0 radical (unpaired) electrons. The summed E-state index contributed by atoms with van der Waals surface area (Å²) in [5.41, 5.74) is 0.184. The van der Waals surface area contributed by atoms with E-state index in [2.05, 4.69) is 20.6 Å². The number of carbonyl (C=O) groups excluding carboxylic acids is 1. The number of aromatic nitrogens is 2. The third kappa shape index (κ3) is 3.89. The molecule has 1 aliphatic heterocycles. The van der Waals surface area contributed by atoms with Crippen LogP contribution in [-0.2, 0) is 9.84 Å². The molecule has 1 atom stereocenters. The Morgan fingerprint density at radius 3 is 2.60 bits per heavy atom. The Balaban J connectivity index is 1.96. The fourth-order valence-corrected chi connectivity index (χ4v) is 3.66. The van der Waals surface area contributed by atoms with Crippen molar-refractivity contribution in [3.05, 3.63) is 18.1 Å². The van der Waals surface area contributed by atoms with Crippen molar-refractivity contribution in [2.45, 2.75) is 32.4 Å². The molecule has 20 heavy (non-hydrogen) atoms. The number of nitrogens with zero attached hydrogens (tertiary/aromatic N) is 2. The average Bonchev–Trinajstić information content (AvgIpc) is 2.68. The van der Waals surface area contributed by atoms with E-state index < -0.39 is 15.7 Å². The summed E-state index contributed by atoms with van der Waals surface area (Å²) in [5.74, 6) is 0.329. The van der Waals surface area contributed by atoms with Gasteiger partial charge in [-0.15, -0.1) is 0 Å². The SMILES string of the molecule is CC(C)Nc1cnc(C(=O)NC2CCS(=O)(=O)C2)cn1. The van der Waals surface area contributed by atoms with Crippen LogP contribution >= 0.6 is 0 Å². The molecule has 1 saturated heterocycles. The van der Waals surface area contributed by atoms with E-state index in [0.717, 1.165) is 0 Å². The predicted octanol–water partition coefficient (Wildman–Crippen LogP) is 0.214. The number of hydrogen-bond donors (Lipinski definition) is 2. The van der Waals surface area contributed by atoms with Gasteiger partial charge in [-0.25, -0.2) is 18.4 Å². The second-order valence-electron chi connectivity index (χ2n) is 5.16. The molecule has 2 heterocycles. The van der Waals surface area contributed by atoms with Crippen LogP contribution in [0.3, 0.4) is 0 Å². The summed E-state index contributed by atoms with van der Waals surface area (Å²) in [6.07, 6.45) is 3.32. The van der Waals surface area contributed by atoms with Crippen molar-refractivity contribution in [2.24, 2.45) is 0 Å². The van der Waals surface area contributed by atoms with Gasteiger partial charge in [0.15, 0.2) is 9.84 Å². The number of carbonyl (C=O) groups is 1. The van der Waals surface area contributed by atoms with Crippen LogP contribution in [0.5, 0.6) is 0 Å². The fourth-order valence-electron chi connectivity index (χ4n) is 1.98. The quantitative estimate of drug-likeness (QED) is 0.824. The Bertz CT molecular complexity index is 583. The highest BCUT2D eigenvalue weighted by Gasteiger charge is 2.29. The van der Waals surface area contributed by atoms with Crippen LogP contribution in [0.4, 0.5) is 5.82 Å². The molecule has 2 rings (SSSR count). The van der Waals surface area contributed by atoms with E-state index in [1.165, 1.54) is 12.4 Å². The summed E-state index contributed by atoms with van der Waals surface area (Å²) in [4.78, 5) is 20.0. The lowest BCUT2D eigenvalue weighted by Gasteiger charge is -2.11. The van der Waals surface area contributed by atoms with Gasteiger partial charge >= 0.3 is 0 Å². The Hall–Kier alpha value is -1.70. The molecule has 1 amide bonds. The van der Waals surface area contributed by atoms with Crippen molar-refractivity contribution in [3.63, 3.8) is 0 Å². The smallest absolute Gasteiger partial charge is 0.271 e. The maximum atomic E-state index is 11.9. The van der Waals surface area contributed by atoms with Crippen molar-refractivity contribution >= 4 is 21.6 Å². The van der Waals surface area contributed by atoms with E-state index in [1.807, 2.05) is 13.8 Å². The Morgan fingerprint density at radius 2 is 2.10 bits per heavy atom. The number of sulfone groups is 1. The predicted molar refractivity (Wildman–Crippen MR) is 75.3 cm³/mol. The van der Waals surface area contributed by atoms with Gasteiger partial charge in [0.05, 0.1) is 23.9 Å². The normalized spacial score (nSPS) is 20.9. The minimum Gasteiger partial charge on any atom is -0.367 e. The first-order valence-electron chi connectivity index (χ1n) is 6.45. The van der Waals surface area contributed by atoms with Gasteiger partial charge in [0.1, 0.15) is 11.5 Å². The van der Waals surface area contributed by atoms with Gasteiger partial charge in [0, 0.05) is 12.1 Å². The molecule has 0 saturated carbocycles. The molecule has 0 aromatic carbocycles. The van der Waals surface area contributed by atoms with E-state index >= 15 is 0 Å². The zero-order valence-corrected chi connectivity index (χ0v) is 12.3. The standard InChI is InChI=1S/C12H18N4O3S/c1-8(2)15-11-6-13-10(5-14-11)12(17)16-9-3-4-20(18,19)7-9/h5-6,8-9H,3-4,7H2,1-2H3,(H,14,15)(H,16,17). The van der Waals surface area contributed by atoms with Crippen LogP contribution in [0.25, 0.3) is 0 Å². The zero-order valence-electron chi connectivity index (χ0n) is 11.5. The first-order chi connectivity index (χ1) is 9.35. The lowest BCUT2D eigenvalue weighted by molar-refractivity contribution is 0.0935. The van der Waals surface area contributed by atoms with Crippen LogP contribution < -0.4 is 10.6 Å². The number of nitrogens with one attached hydrogen (secondary N) is 2. The first-order valence-corrected chi connectivity index (χ1v) is 8.28. The van der Waals surface area contributed by atoms with Crippen molar-refractivity contribution in [2.75, 3.05) is 16.8 Å². The summed E-state index contributed by atoms with van der Waals surface area (Å²) in [5, 5.41) is 5.74. The van der Waals surface area contributed by atoms with Crippen LogP contribution in [0.1, 0.15) is 30.8 Å². The highest BCUT2D eigenvalue weighted by molar-refractivity contribution is 7.91. The van der Waals surface area contributed by atoms with E-state index in [9.17, 15) is 13.2 Å². The fraction of sp³-hybridized carbons (Fsp3) is 0.583. The minimum atomic E-state index is -3.00. The second kappa shape index (κ2) is 5.74. The highest BCUT2D eigenvalue weighted by atomic mass is 32.2. The van der Waals surface area contributed by atoms with Crippen LogP contribution in [0.15, 0.2) is 12.4 Å². The summed E-state index contributed by atoms with van der Waals surface area (Å²) < 4.78 is 22.6. The van der Waals surface area contributed by atoms with E-state index in [-0.39, 0.29) is 29.3 Å². The average molecular weight is 298 g/mol. The number of hydrogen-bond acceptors (Lipinski definition) is 6. The Morgan fingerprint density at radius 1 is 1.35 bits per heavy atom. The summed E-state index contributed by atoms with van der Waals surface area (Å²) in [7, 11) is -3.00. The molecule has 8 heteroatoms. The number of rotatable bonds is 4. The molecule has 1 unspecified atom stereocenters. The monoisotopic (exact) mass is 298 g/mol. The number of amides is 1. The molecule has 7 nitrogen and oxygen atoms in total. The van der Waals surface area contributed by atoms with Crippen LogP contribution in [0.2, 0.25) is 0 Å². The second-order valence-corrected chi connectivity index (χ2v) is 7.39. The lowest BCUT2D eigenvalue weighted by Crippen LogP contribution is -2.36. The molecule has 0 bridgehead atoms. The maximum absolute atomic E-state index is 11.9. The van der Waals surface area contributed by atoms with Crippen molar-refractivity contribution in [1.82, 2.24) is 15.3 Å². The van der Waals surface area contributed by atoms with Gasteiger partial charge in [-0.1, -0.05) is 0 Å². The van der Waals surface area contributed by atoms with Gasteiger partial charge in [-0.2, -0.15) is 0 Å².